The number of anilines is 1. The van der Waals surface area contributed by atoms with Gasteiger partial charge in [-0.3, -0.25) is 4.79 Å². The van der Waals surface area contributed by atoms with Gasteiger partial charge in [-0.2, -0.15) is 11.8 Å². The lowest BCUT2D eigenvalue weighted by Gasteiger charge is -2.05. The maximum Gasteiger partial charge on any atom is 0.339 e. The summed E-state index contributed by atoms with van der Waals surface area (Å²) >= 11 is 1.58. The molecule has 1 heterocycles. The Balaban J connectivity index is 2.11. The number of carbonyl (C=O) groups is 2. The number of hydrogen-bond donors (Lipinski definition) is 3. The highest BCUT2D eigenvalue weighted by Crippen LogP contribution is 2.23. The second kappa shape index (κ2) is 6.36. The molecule has 1 aromatic heterocycles. The third kappa shape index (κ3) is 3.57. The molecular weight excluding hydrogens is 294 g/mol. The van der Waals surface area contributed by atoms with Gasteiger partial charge in [0, 0.05) is 11.8 Å². The van der Waals surface area contributed by atoms with E-state index in [4.69, 9.17) is 9.52 Å². The first-order valence-electron chi connectivity index (χ1n) is 5.96. The summed E-state index contributed by atoms with van der Waals surface area (Å²) < 4.78 is 5.36. The zero-order valence-corrected chi connectivity index (χ0v) is 11.9. The van der Waals surface area contributed by atoms with Crippen LogP contribution in [-0.4, -0.2) is 28.3 Å². The molecule has 1 amide bonds. The van der Waals surface area contributed by atoms with Gasteiger partial charge in [-0.15, -0.1) is 0 Å². The van der Waals surface area contributed by atoms with Crippen LogP contribution in [0, 0.1) is 0 Å². The van der Waals surface area contributed by atoms with Crippen molar-refractivity contribution < 1.29 is 24.2 Å². The smallest absolute Gasteiger partial charge is 0.339 e. The molecule has 0 bridgehead atoms. The molecule has 0 aliphatic carbocycles. The Morgan fingerprint density at radius 1 is 1.29 bits per heavy atom. The van der Waals surface area contributed by atoms with Crippen LogP contribution < -0.4 is 5.32 Å². The van der Waals surface area contributed by atoms with Crippen molar-refractivity contribution in [3.63, 3.8) is 0 Å². The molecule has 0 radical (unpaired) electrons. The lowest BCUT2D eigenvalue weighted by atomic mass is 10.2. The third-order valence-electron chi connectivity index (χ3n) is 2.66. The second-order valence-corrected chi connectivity index (χ2v) is 5.06. The van der Waals surface area contributed by atoms with E-state index in [9.17, 15) is 14.7 Å². The zero-order valence-electron chi connectivity index (χ0n) is 11.1. The number of hydrogen-bond acceptors (Lipinski definition) is 5. The summed E-state index contributed by atoms with van der Waals surface area (Å²) in [5.41, 5.74) is 0.0542. The van der Waals surface area contributed by atoms with Crippen LogP contribution in [0.1, 0.15) is 26.7 Å². The Kier molecular flexibility index (Phi) is 4.54. The predicted octanol–water partition coefficient (Wildman–Crippen LogP) is 2.80. The van der Waals surface area contributed by atoms with E-state index in [-0.39, 0.29) is 17.0 Å². The minimum absolute atomic E-state index is 0.154. The van der Waals surface area contributed by atoms with E-state index < -0.39 is 17.6 Å². The number of aromatic hydroxyl groups is 1. The summed E-state index contributed by atoms with van der Waals surface area (Å²) in [5, 5.41) is 20.9. The molecule has 0 saturated heterocycles. The van der Waals surface area contributed by atoms with Gasteiger partial charge in [-0.25, -0.2) is 4.79 Å². The molecule has 0 aliphatic rings. The SMILES string of the molecule is CSCc1ccc(C(=O)Nc2ccc(C(=O)O)c(O)c2)o1. The molecule has 0 fully saturated rings. The van der Waals surface area contributed by atoms with Crippen LogP contribution in [0.25, 0.3) is 0 Å². The molecule has 2 rings (SSSR count). The Morgan fingerprint density at radius 3 is 2.67 bits per heavy atom. The first-order valence-corrected chi connectivity index (χ1v) is 7.36. The minimum atomic E-state index is -1.24. The summed E-state index contributed by atoms with van der Waals surface area (Å²) in [6, 6.07) is 7.07. The van der Waals surface area contributed by atoms with E-state index in [1.165, 1.54) is 18.2 Å². The Labute approximate surface area is 124 Å². The largest absolute Gasteiger partial charge is 0.507 e. The number of rotatable bonds is 5. The van der Waals surface area contributed by atoms with Crippen molar-refractivity contribution in [3.8, 4) is 5.75 Å². The van der Waals surface area contributed by atoms with Crippen molar-refractivity contribution >= 4 is 29.3 Å². The summed E-state index contributed by atoms with van der Waals surface area (Å²) in [6.07, 6.45) is 1.93. The average molecular weight is 307 g/mol. The standard InChI is InChI=1S/C14H13NO5S/c1-21-7-9-3-5-12(20-9)13(17)15-8-2-4-10(14(18)19)11(16)6-8/h2-6,16H,7H2,1H3,(H,15,17)(H,18,19). The van der Waals surface area contributed by atoms with Gasteiger partial charge >= 0.3 is 5.97 Å². The maximum absolute atomic E-state index is 12.0. The highest BCUT2D eigenvalue weighted by Gasteiger charge is 2.14. The van der Waals surface area contributed by atoms with Crippen LogP contribution in [0.2, 0.25) is 0 Å². The van der Waals surface area contributed by atoms with Crippen LogP contribution in [-0.2, 0) is 5.75 Å². The van der Waals surface area contributed by atoms with E-state index in [1.807, 2.05) is 6.26 Å². The van der Waals surface area contributed by atoms with Crippen molar-refractivity contribution in [2.45, 2.75) is 5.75 Å². The van der Waals surface area contributed by atoms with Crippen molar-refractivity contribution in [1.29, 1.82) is 0 Å². The third-order valence-corrected chi connectivity index (χ3v) is 3.23. The lowest BCUT2D eigenvalue weighted by Crippen LogP contribution is -2.11. The van der Waals surface area contributed by atoms with Gasteiger partial charge < -0.3 is 19.9 Å². The second-order valence-electron chi connectivity index (χ2n) is 4.19. The summed E-state index contributed by atoms with van der Waals surface area (Å²) in [6.45, 7) is 0. The van der Waals surface area contributed by atoms with Crippen LogP contribution in [0.5, 0.6) is 5.75 Å². The topological polar surface area (TPSA) is 99.8 Å². The fourth-order valence-electron chi connectivity index (χ4n) is 1.70. The number of furan rings is 1. The van der Waals surface area contributed by atoms with Gasteiger partial charge in [0.05, 0.1) is 5.75 Å². The molecule has 2 aromatic rings. The van der Waals surface area contributed by atoms with Gasteiger partial charge in [0.25, 0.3) is 5.91 Å². The number of amides is 1. The zero-order chi connectivity index (χ0) is 15.4. The van der Waals surface area contributed by atoms with Crippen LogP contribution in [0.15, 0.2) is 34.7 Å². The Morgan fingerprint density at radius 2 is 2.05 bits per heavy atom. The molecule has 3 N–H and O–H groups in total. The summed E-state index contributed by atoms with van der Waals surface area (Å²) in [4.78, 5) is 22.7. The molecule has 6 nitrogen and oxygen atoms in total. The van der Waals surface area contributed by atoms with Crippen molar-refractivity contribution in [2.24, 2.45) is 0 Å². The van der Waals surface area contributed by atoms with Crippen molar-refractivity contribution in [1.82, 2.24) is 0 Å². The minimum Gasteiger partial charge on any atom is -0.507 e. The molecule has 7 heteroatoms. The van der Waals surface area contributed by atoms with E-state index in [0.29, 0.717) is 11.5 Å². The molecule has 0 saturated carbocycles. The molecular formula is C14H13NO5S. The number of nitrogens with one attached hydrogen (secondary N) is 1. The molecule has 0 aliphatic heterocycles. The number of thioether (sulfide) groups is 1. The Bertz CT molecular complexity index is 680. The number of carboxylic acids is 1. The first-order chi connectivity index (χ1) is 10.0. The number of carbonyl (C=O) groups excluding carboxylic acids is 1. The predicted molar refractivity (Wildman–Crippen MR) is 78.9 cm³/mol. The van der Waals surface area contributed by atoms with E-state index in [2.05, 4.69) is 5.32 Å². The average Bonchev–Trinajstić information content (AvgIpc) is 2.87. The Hall–Kier alpha value is -2.41. The number of benzene rings is 1. The van der Waals surface area contributed by atoms with E-state index >= 15 is 0 Å². The first kappa shape index (κ1) is 15.0. The van der Waals surface area contributed by atoms with Gasteiger partial charge in [0.1, 0.15) is 17.1 Å². The fourth-order valence-corrected chi connectivity index (χ4v) is 2.14. The van der Waals surface area contributed by atoms with Gasteiger partial charge in [-0.1, -0.05) is 0 Å². The molecule has 21 heavy (non-hydrogen) atoms. The van der Waals surface area contributed by atoms with Crippen LogP contribution >= 0.6 is 11.8 Å². The molecule has 110 valence electrons. The lowest BCUT2D eigenvalue weighted by molar-refractivity contribution is 0.0693. The molecule has 0 spiro atoms. The summed E-state index contributed by atoms with van der Waals surface area (Å²) in [5.74, 6) is -0.607. The molecule has 0 unspecified atom stereocenters. The monoisotopic (exact) mass is 307 g/mol. The van der Waals surface area contributed by atoms with Crippen molar-refractivity contribution in [2.75, 3.05) is 11.6 Å². The highest BCUT2D eigenvalue weighted by molar-refractivity contribution is 7.97. The number of aromatic carboxylic acids is 1. The van der Waals surface area contributed by atoms with Gasteiger partial charge in [0.15, 0.2) is 5.76 Å². The van der Waals surface area contributed by atoms with Gasteiger partial charge in [-0.05, 0) is 30.5 Å². The maximum atomic E-state index is 12.0. The van der Waals surface area contributed by atoms with Crippen LogP contribution in [0.4, 0.5) is 5.69 Å². The summed E-state index contributed by atoms with van der Waals surface area (Å²) in [7, 11) is 0. The van der Waals surface area contributed by atoms with E-state index in [1.54, 1.807) is 23.9 Å². The highest BCUT2D eigenvalue weighted by atomic mass is 32.2. The fraction of sp³-hybridized carbons (Fsp3) is 0.143. The van der Waals surface area contributed by atoms with Crippen LogP contribution in [0.3, 0.4) is 0 Å². The normalized spacial score (nSPS) is 10.3. The quantitative estimate of drug-likeness (QED) is 0.785. The van der Waals surface area contributed by atoms with E-state index in [0.717, 1.165) is 0 Å². The number of carboxylic acid groups (broad SMARTS) is 1. The number of phenols is 1. The molecule has 0 atom stereocenters. The molecule has 1 aromatic carbocycles. The van der Waals surface area contributed by atoms with Crippen molar-refractivity contribution in [3.05, 3.63) is 47.4 Å². The van der Waals surface area contributed by atoms with Gasteiger partial charge in [0.2, 0.25) is 0 Å².